The van der Waals surface area contributed by atoms with E-state index in [9.17, 15) is 9.59 Å². The summed E-state index contributed by atoms with van der Waals surface area (Å²) in [7, 11) is 1.52. The van der Waals surface area contributed by atoms with E-state index in [1.54, 1.807) is 0 Å². The second-order valence-electron chi connectivity index (χ2n) is 5.24. The second-order valence-corrected chi connectivity index (χ2v) is 5.24. The van der Waals surface area contributed by atoms with Crippen LogP contribution in [0.5, 0.6) is 0 Å². The number of hydrogen-bond donors (Lipinski definition) is 3. The molecule has 23 heavy (non-hydrogen) atoms. The largest absolute Gasteiger partial charge is 0.476 e. The van der Waals surface area contributed by atoms with Gasteiger partial charge in [-0.15, -0.1) is 0 Å². The summed E-state index contributed by atoms with van der Waals surface area (Å²) in [6.45, 7) is 0. The van der Waals surface area contributed by atoms with Gasteiger partial charge in [0.15, 0.2) is 5.69 Å². The Balaban J connectivity index is 1.67. The number of nitrogens with one attached hydrogen (secondary N) is 2. The number of carbonyl (C=O) groups is 2. The molecule has 0 aliphatic heterocycles. The molecule has 3 aromatic rings. The topological polar surface area (TPSA) is 100 Å². The van der Waals surface area contributed by atoms with Gasteiger partial charge in [-0.3, -0.25) is 9.48 Å². The molecule has 0 aliphatic carbocycles. The summed E-state index contributed by atoms with van der Waals surface area (Å²) in [6.07, 6.45) is 4.06. The Bertz CT molecular complexity index is 878. The molecule has 0 aliphatic rings. The van der Waals surface area contributed by atoms with E-state index in [-0.39, 0.29) is 23.7 Å². The first-order valence-corrected chi connectivity index (χ1v) is 7.16. The summed E-state index contributed by atoms with van der Waals surface area (Å²) in [6, 6.07) is 7.88. The number of rotatable bonds is 5. The maximum absolute atomic E-state index is 12.1. The minimum absolute atomic E-state index is 0.0366. The van der Waals surface area contributed by atoms with E-state index in [1.165, 1.54) is 17.9 Å². The third kappa shape index (κ3) is 2.94. The van der Waals surface area contributed by atoms with Gasteiger partial charge >= 0.3 is 5.97 Å². The molecule has 7 nitrogen and oxygen atoms in total. The smallest absolute Gasteiger partial charge is 0.356 e. The van der Waals surface area contributed by atoms with Gasteiger partial charge in [0.25, 0.3) is 0 Å². The van der Waals surface area contributed by atoms with Crippen LogP contribution in [0.4, 0.5) is 5.69 Å². The summed E-state index contributed by atoms with van der Waals surface area (Å²) in [4.78, 5) is 26.4. The highest BCUT2D eigenvalue weighted by Crippen LogP contribution is 2.20. The van der Waals surface area contributed by atoms with E-state index in [2.05, 4.69) is 15.4 Å². The zero-order chi connectivity index (χ0) is 16.4. The van der Waals surface area contributed by atoms with E-state index in [0.29, 0.717) is 6.42 Å². The molecular weight excluding hydrogens is 296 g/mol. The Morgan fingerprint density at radius 1 is 1.35 bits per heavy atom. The molecule has 0 fully saturated rings. The molecule has 2 aromatic heterocycles. The molecule has 0 atom stereocenters. The van der Waals surface area contributed by atoms with Crippen molar-refractivity contribution in [3.63, 3.8) is 0 Å². The molecule has 7 heteroatoms. The Labute approximate surface area is 131 Å². The monoisotopic (exact) mass is 312 g/mol. The number of nitrogens with zero attached hydrogens (tertiary/aromatic N) is 2. The molecule has 0 saturated heterocycles. The van der Waals surface area contributed by atoms with Crippen molar-refractivity contribution in [3.8, 4) is 0 Å². The van der Waals surface area contributed by atoms with Crippen LogP contribution in [-0.4, -0.2) is 31.7 Å². The number of carboxylic acid groups (broad SMARTS) is 1. The lowest BCUT2D eigenvalue weighted by atomic mass is 10.1. The van der Waals surface area contributed by atoms with Crippen LogP contribution in [0.15, 0.2) is 36.7 Å². The molecule has 0 spiro atoms. The molecule has 0 saturated carbocycles. The SMILES string of the molecule is Cn1ncc(NC(=O)CCc2c[nH]c3ccccc23)c1C(=O)O. The number of para-hydroxylation sites is 1. The predicted octanol–water partition coefficient (Wildman–Crippen LogP) is 2.17. The summed E-state index contributed by atoms with van der Waals surface area (Å²) >= 11 is 0. The van der Waals surface area contributed by atoms with Gasteiger partial charge in [0, 0.05) is 30.6 Å². The zero-order valence-corrected chi connectivity index (χ0v) is 12.5. The first-order valence-electron chi connectivity index (χ1n) is 7.16. The average molecular weight is 312 g/mol. The number of aryl methyl sites for hydroxylation is 2. The lowest BCUT2D eigenvalue weighted by molar-refractivity contribution is -0.116. The van der Waals surface area contributed by atoms with E-state index in [0.717, 1.165) is 16.5 Å². The Hall–Kier alpha value is -3.09. The molecular formula is C16H16N4O3. The summed E-state index contributed by atoms with van der Waals surface area (Å²) < 4.78 is 1.22. The first kappa shape index (κ1) is 14.8. The molecule has 118 valence electrons. The molecule has 0 radical (unpaired) electrons. The van der Waals surface area contributed by atoms with E-state index in [1.807, 2.05) is 30.5 Å². The van der Waals surface area contributed by atoms with Gasteiger partial charge in [-0.1, -0.05) is 18.2 Å². The van der Waals surface area contributed by atoms with Crippen LogP contribution in [0.1, 0.15) is 22.5 Å². The van der Waals surface area contributed by atoms with Crippen LogP contribution in [0, 0.1) is 0 Å². The third-order valence-electron chi connectivity index (χ3n) is 3.71. The molecule has 3 N–H and O–H groups in total. The predicted molar refractivity (Wildman–Crippen MR) is 85.4 cm³/mol. The van der Waals surface area contributed by atoms with Crippen molar-refractivity contribution in [1.82, 2.24) is 14.8 Å². The second kappa shape index (κ2) is 5.96. The van der Waals surface area contributed by atoms with Gasteiger partial charge < -0.3 is 15.4 Å². The average Bonchev–Trinajstić information content (AvgIpc) is 3.09. The summed E-state index contributed by atoms with van der Waals surface area (Å²) in [5, 5.41) is 16.7. The van der Waals surface area contributed by atoms with Crippen molar-refractivity contribution >= 4 is 28.5 Å². The fourth-order valence-electron chi connectivity index (χ4n) is 2.58. The van der Waals surface area contributed by atoms with Crippen molar-refractivity contribution in [3.05, 3.63) is 47.9 Å². The lowest BCUT2D eigenvalue weighted by Gasteiger charge is -2.04. The number of aromatic carboxylic acids is 1. The molecule has 2 heterocycles. The Morgan fingerprint density at radius 3 is 2.91 bits per heavy atom. The molecule has 0 unspecified atom stereocenters. The van der Waals surface area contributed by atoms with Gasteiger partial charge in [0.1, 0.15) is 0 Å². The number of anilines is 1. The number of amides is 1. The number of hydrogen-bond acceptors (Lipinski definition) is 3. The van der Waals surface area contributed by atoms with E-state index < -0.39 is 5.97 Å². The van der Waals surface area contributed by atoms with Gasteiger partial charge in [-0.25, -0.2) is 4.79 Å². The number of aromatic amines is 1. The van der Waals surface area contributed by atoms with Crippen molar-refractivity contribution in [1.29, 1.82) is 0 Å². The Morgan fingerprint density at radius 2 is 2.13 bits per heavy atom. The highest BCUT2D eigenvalue weighted by atomic mass is 16.4. The Kier molecular flexibility index (Phi) is 3.84. The van der Waals surface area contributed by atoms with Crippen LogP contribution in [0.25, 0.3) is 10.9 Å². The number of H-pyrrole nitrogens is 1. The number of fused-ring (bicyclic) bond motifs is 1. The fourth-order valence-corrected chi connectivity index (χ4v) is 2.58. The number of carbonyl (C=O) groups excluding carboxylic acids is 1. The van der Waals surface area contributed by atoms with E-state index in [4.69, 9.17) is 5.11 Å². The normalized spacial score (nSPS) is 10.8. The van der Waals surface area contributed by atoms with Crippen molar-refractivity contribution in [2.75, 3.05) is 5.32 Å². The quantitative estimate of drug-likeness (QED) is 0.672. The van der Waals surface area contributed by atoms with Gasteiger partial charge in [-0.05, 0) is 18.1 Å². The van der Waals surface area contributed by atoms with Crippen LogP contribution in [0.3, 0.4) is 0 Å². The number of carboxylic acids is 1. The van der Waals surface area contributed by atoms with Crippen LogP contribution < -0.4 is 5.32 Å². The van der Waals surface area contributed by atoms with Crippen LogP contribution in [0.2, 0.25) is 0 Å². The molecule has 1 amide bonds. The van der Waals surface area contributed by atoms with Crippen molar-refractivity contribution < 1.29 is 14.7 Å². The zero-order valence-electron chi connectivity index (χ0n) is 12.5. The third-order valence-corrected chi connectivity index (χ3v) is 3.71. The summed E-state index contributed by atoms with van der Waals surface area (Å²) in [5.74, 6) is -1.37. The van der Waals surface area contributed by atoms with Gasteiger partial charge in [-0.2, -0.15) is 5.10 Å². The maximum Gasteiger partial charge on any atom is 0.356 e. The van der Waals surface area contributed by atoms with Crippen LogP contribution >= 0.6 is 0 Å². The van der Waals surface area contributed by atoms with Crippen molar-refractivity contribution in [2.45, 2.75) is 12.8 Å². The maximum atomic E-state index is 12.1. The van der Waals surface area contributed by atoms with Gasteiger partial charge in [0.2, 0.25) is 5.91 Å². The number of benzene rings is 1. The summed E-state index contributed by atoms with van der Waals surface area (Å²) in [5.41, 5.74) is 2.26. The van der Waals surface area contributed by atoms with Crippen molar-refractivity contribution in [2.24, 2.45) is 7.05 Å². The molecule has 3 rings (SSSR count). The first-order chi connectivity index (χ1) is 11.1. The minimum atomic E-state index is -1.13. The highest BCUT2D eigenvalue weighted by Gasteiger charge is 2.17. The van der Waals surface area contributed by atoms with E-state index >= 15 is 0 Å². The number of aromatic nitrogens is 3. The lowest BCUT2D eigenvalue weighted by Crippen LogP contribution is -2.15. The highest BCUT2D eigenvalue weighted by molar-refractivity contribution is 5.99. The standard InChI is InChI=1S/C16H16N4O3/c1-20-15(16(22)23)13(9-18-20)19-14(21)7-6-10-8-17-12-5-3-2-4-11(10)12/h2-5,8-9,17H,6-7H2,1H3,(H,19,21)(H,22,23). The fraction of sp³-hybridized carbons (Fsp3) is 0.188. The molecule has 1 aromatic carbocycles. The minimum Gasteiger partial charge on any atom is -0.476 e. The van der Waals surface area contributed by atoms with Crippen LogP contribution in [-0.2, 0) is 18.3 Å². The van der Waals surface area contributed by atoms with Gasteiger partial charge in [0.05, 0.1) is 11.9 Å². The molecule has 0 bridgehead atoms.